The number of esters is 1. The maximum atomic E-state index is 12.5. The van der Waals surface area contributed by atoms with Gasteiger partial charge in [-0.05, 0) is 44.0 Å². The van der Waals surface area contributed by atoms with Crippen LogP contribution in [0.25, 0.3) is 0 Å². The maximum Gasteiger partial charge on any atom is 0.315 e. The lowest BCUT2D eigenvalue weighted by molar-refractivity contribution is -0.384. The van der Waals surface area contributed by atoms with Crippen LogP contribution in [0.1, 0.15) is 25.3 Å². The minimum atomic E-state index is -0.642. The molecule has 1 aliphatic heterocycles. The summed E-state index contributed by atoms with van der Waals surface area (Å²) in [6.45, 7) is 6.50. The van der Waals surface area contributed by atoms with E-state index < -0.39 is 5.41 Å². The van der Waals surface area contributed by atoms with Crippen molar-refractivity contribution in [2.45, 2.75) is 25.2 Å². The summed E-state index contributed by atoms with van der Waals surface area (Å²) in [7, 11) is 1.45. The van der Waals surface area contributed by atoms with E-state index in [2.05, 4.69) is 9.80 Å². The van der Waals surface area contributed by atoms with Gasteiger partial charge in [0.2, 0.25) is 0 Å². The highest BCUT2D eigenvalue weighted by molar-refractivity contribution is 5.82. The zero-order chi connectivity index (χ0) is 21.6. The Bertz CT molecular complexity index is 849. The highest BCUT2D eigenvalue weighted by Crippen LogP contribution is 2.30. The van der Waals surface area contributed by atoms with Crippen molar-refractivity contribution in [2.24, 2.45) is 0 Å². The summed E-state index contributed by atoms with van der Waals surface area (Å²) in [5, 5.41) is 10.8. The number of nitro groups is 1. The summed E-state index contributed by atoms with van der Waals surface area (Å²) in [5.74, 6) is -0.198. The largest absolute Gasteiger partial charge is 0.468 e. The third-order valence-corrected chi connectivity index (χ3v) is 6.00. The van der Waals surface area contributed by atoms with Gasteiger partial charge in [0.25, 0.3) is 5.69 Å². The van der Waals surface area contributed by atoms with Crippen molar-refractivity contribution < 1.29 is 14.5 Å². The predicted octanol–water partition coefficient (Wildman–Crippen LogP) is 3.63. The van der Waals surface area contributed by atoms with Gasteiger partial charge in [0.05, 0.1) is 17.4 Å². The lowest BCUT2D eigenvalue weighted by Crippen LogP contribution is -2.47. The van der Waals surface area contributed by atoms with Crippen molar-refractivity contribution >= 4 is 17.3 Å². The first-order valence-electron chi connectivity index (χ1n) is 10.3. The third kappa shape index (κ3) is 4.97. The van der Waals surface area contributed by atoms with Gasteiger partial charge in [-0.3, -0.25) is 19.8 Å². The van der Waals surface area contributed by atoms with Crippen LogP contribution in [0.4, 0.5) is 11.4 Å². The molecule has 30 heavy (non-hydrogen) atoms. The van der Waals surface area contributed by atoms with Gasteiger partial charge in [0.1, 0.15) is 0 Å². The minimum Gasteiger partial charge on any atom is -0.468 e. The molecule has 0 bridgehead atoms. The fraction of sp³-hybridized carbons (Fsp3) is 0.435. The van der Waals surface area contributed by atoms with E-state index in [1.165, 1.54) is 7.11 Å². The molecule has 2 aromatic rings. The van der Waals surface area contributed by atoms with Gasteiger partial charge in [0, 0.05) is 44.0 Å². The molecule has 0 aromatic heterocycles. The molecular formula is C23H29N3O4. The zero-order valence-electron chi connectivity index (χ0n) is 17.6. The second kappa shape index (κ2) is 9.71. The molecule has 0 amide bonds. The SMILES string of the molecule is COC(=O)C(C)(CCCN1CCN(c2ccc([N+](=O)[O-])cc2)CC1)c1ccccc1. The molecule has 1 aliphatic rings. The fourth-order valence-electron chi connectivity index (χ4n) is 4.07. The molecular weight excluding hydrogens is 382 g/mol. The summed E-state index contributed by atoms with van der Waals surface area (Å²) in [4.78, 5) is 27.6. The minimum absolute atomic E-state index is 0.115. The van der Waals surface area contributed by atoms with E-state index in [9.17, 15) is 14.9 Å². The molecule has 0 spiro atoms. The summed E-state index contributed by atoms with van der Waals surface area (Å²) < 4.78 is 5.10. The first-order chi connectivity index (χ1) is 14.4. The van der Waals surface area contributed by atoms with Crippen LogP contribution in [0.2, 0.25) is 0 Å². The zero-order valence-corrected chi connectivity index (χ0v) is 17.6. The van der Waals surface area contributed by atoms with E-state index in [0.29, 0.717) is 0 Å². The number of anilines is 1. The number of nitro benzene ring substituents is 1. The molecule has 0 saturated carbocycles. The van der Waals surface area contributed by atoms with Crippen molar-refractivity contribution in [1.82, 2.24) is 4.90 Å². The monoisotopic (exact) mass is 411 g/mol. The molecule has 1 heterocycles. The second-order valence-corrected chi connectivity index (χ2v) is 7.90. The van der Waals surface area contributed by atoms with Gasteiger partial charge in [-0.1, -0.05) is 30.3 Å². The average Bonchev–Trinajstić information content (AvgIpc) is 2.79. The Morgan fingerprint density at radius 2 is 1.70 bits per heavy atom. The molecule has 2 aromatic carbocycles. The molecule has 160 valence electrons. The quantitative estimate of drug-likeness (QED) is 0.375. The number of carbonyl (C=O) groups is 1. The molecule has 1 atom stereocenters. The number of benzene rings is 2. The Labute approximate surface area is 177 Å². The first kappa shape index (κ1) is 21.8. The number of non-ortho nitro benzene ring substituents is 1. The Hall–Kier alpha value is -2.93. The normalized spacial score (nSPS) is 16.7. The van der Waals surface area contributed by atoms with E-state index in [1.54, 1.807) is 12.1 Å². The lowest BCUT2D eigenvalue weighted by Gasteiger charge is -2.36. The smallest absolute Gasteiger partial charge is 0.315 e. The topological polar surface area (TPSA) is 75.9 Å². The molecule has 0 aliphatic carbocycles. The van der Waals surface area contributed by atoms with Gasteiger partial charge in [-0.15, -0.1) is 0 Å². The molecule has 0 radical (unpaired) electrons. The van der Waals surface area contributed by atoms with Gasteiger partial charge in [0.15, 0.2) is 0 Å². The van der Waals surface area contributed by atoms with Gasteiger partial charge >= 0.3 is 5.97 Å². The Morgan fingerprint density at radius 1 is 1.07 bits per heavy atom. The van der Waals surface area contributed by atoms with Crippen LogP contribution in [0, 0.1) is 10.1 Å². The summed E-state index contributed by atoms with van der Waals surface area (Å²) in [6.07, 6.45) is 1.63. The molecule has 3 rings (SSSR count). The van der Waals surface area contributed by atoms with Crippen LogP contribution >= 0.6 is 0 Å². The highest BCUT2D eigenvalue weighted by atomic mass is 16.6. The first-order valence-corrected chi connectivity index (χ1v) is 10.3. The van der Waals surface area contributed by atoms with Crippen LogP contribution in [0.3, 0.4) is 0 Å². The Kier molecular flexibility index (Phi) is 7.05. The van der Waals surface area contributed by atoms with Crippen molar-refractivity contribution in [1.29, 1.82) is 0 Å². The molecule has 1 unspecified atom stereocenters. The van der Waals surface area contributed by atoms with E-state index in [-0.39, 0.29) is 16.6 Å². The number of hydrogen-bond acceptors (Lipinski definition) is 6. The van der Waals surface area contributed by atoms with Crippen molar-refractivity contribution in [3.8, 4) is 0 Å². The van der Waals surface area contributed by atoms with Crippen LogP contribution in [0.5, 0.6) is 0 Å². The van der Waals surface area contributed by atoms with Crippen LogP contribution in [-0.4, -0.2) is 55.6 Å². The second-order valence-electron chi connectivity index (χ2n) is 7.90. The molecule has 0 N–H and O–H groups in total. The van der Waals surface area contributed by atoms with Crippen LogP contribution < -0.4 is 4.90 Å². The number of rotatable bonds is 8. The van der Waals surface area contributed by atoms with Crippen molar-refractivity contribution in [3.05, 3.63) is 70.3 Å². The number of ether oxygens (including phenoxy) is 1. The molecule has 1 saturated heterocycles. The maximum absolute atomic E-state index is 12.5. The summed E-state index contributed by atoms with van der Waals surface area (Å²) in [5.41, 5.74) is 1.48. The Morgan fingerprint density at radius 3 is 2.27 bits per heavy atom. The highest BCUT2D eigenvalue weighted by Gasteiger charge is 2.35. The van der Waals surface area contributed by atoms with Gasteiger partial charge < -0.3 is 9.64 Å². The molecule has 7 heteroatoms. The summed E-state index contributed by atoms with van der Waals surface area (Å²) >= 11 is 0. The average molecular weight is 412 g/mol. The predicted molar refractivity (Wildman–Crippen MR) is 117 cm³/mol. The Balaban J connectivity index is 1.51. The summed E-state index contributed by atoms with van der Waals surface area (Å²) in [6, 6.07) is 16.6. The van der Waals surface area contributed by atoms with E-state index in [4.69, 9.17) is 4.74 Å². The number of piperazine rings is 1. The molecule has 1 fully saturated rings. The number of hydrogen-bond donors (Lipinski definition) is 0. The van der Waals surface area contributed by atoms with Crippen LogP contribution in [0.15, 0.2) is 54.6 Å². The van der Waals surface area contributed by atoms with E-state index in [1.807, 2.05) is 49.4 Å². The van der Waals surface area contributed by atoms with Crippen molar-refractivity contribution in [2.75, 3.05) is 44.7 Å². The fourth-order valence-corrected chi connectivity index (χ4v) is 4.07. The molecule has 7 nitrogen and oxygen atoms in total. The number of nitrogens with zero attached hydrogens (tertiary/aromatic N) is 3. The number of methoxy groups -OCH3 is 1. The van der Waals surface area contributed by atoms with Crippen LogP contribution in [-0.2, 0) is 14.9 Å². The standard InChI is InChI=1S/C23H29N3O4/c1-23(22(27)30-2,19-7-4-3-5-8-19)13-6-14-24-15-17-25(18-16-24)20-9-11-21(12-10-20)26(28)29/h3-5,7-12H,6,13-18H2,1-2H3. The lowest BCUT2D eigenvalue weighted by atomic mass is 9.78. The van der Waals surface area contributed by atoms with Gasteiger partial charge in [-0.2, -0.15) is 0 Å². The van der Waals surface area contributed by atoms with Crippen molar-refractivity contribution in [3.63, 3.8) is 0 Å². The van der Waals surface area contributed by atoms with E-state index >= 15 is 0 Å². The van der Waals surface area contributed by atoms with Gasteiger partial charge in [-0.25, -0.2) is 0 Å². The van der Waals surface area contributed by atoms with E-state index in [0.717, 1.165) is 56.8 Å². The number of carbonyl (C=O) groups excluding carboxylic acids is 1. The third-order valence-electron chi connectivity index (χ3n) is 6.00.